The minimum Gasteiger partial charge on any atom is -0.383 e. The van der Waals surface area contributed by atoms with Crippen molar-refractivity contribution in [2.45, 2.75) is 51.6 Å². The first-order valence-corrected chi connectivity index (χ1v) is 6.73. The molecule has 0 saturated carbocycles. The number of methoxy groups -OCH3 is 1. The molecule has 4 heteroatoms. The summed E-state index contributed by atoms with van der Waals surface area (Å²) in [7, 11) is 1.68. The maximum absolute atomic E-state index is 12.4. The van der Waals surface area contributed by atoms with Crippen LogP contribution in [0, 0.1) is 0 Å². The first-order valence-electron chi connectivity index (χ1n) is 6.73. The highest BCUT2D eigenvalue weighted by Gasteiger charge is 2.27. The standard InChI is InChI=1S/C13H26N2O2/c1-4-11(2)15(9-10-17-3)13(16)12-7-5-6-8-14-12/h11-12,14H,4-10H2,1-3H3/t11?,12-/m0/s1. The molecule has 0 aromatic carbocycles. The van der Waals surface area contributed by atoms with E-state index in [1.807, 2.05) is 4.90 Å². The van der Waals surface area contributed by atoms with Crippen molar-refractivity contribution in [3.8, 4) is 0 Å². The largest absolute Gasteiger partial charge is 0.383 e. The van der Waals surface area contributed by atoms with E-state index in [0.717, 1.165) is 25.8 Å². The monoisotopic (exact) mass is 242 g/mol. The minimum absolute atomic E-state index is 0.0228. The fourth-order valence-electron chi connectivity index (χ4n) is 2.22. The highest BCUT2D eigenvalue weighted by atomic mass is 16.5. The fourth-order valence-corrected chi connectivity index (χ4v) is 2.22. The molecule has 100 valence electrons. The van der Waals surface area contributed by atoms with E-state index >= 15 is 0 Å². The van der Waals surface area contributed by atoms with E-state index in [9.17, 15) is 4.79 Å². The lowest BCUT2D eigenvalue weighted by Gasteiger charge is -2.33. The summed E-state index contributed by atoms with van der Waals surface area (Å²) in [5, 5.41) is 3.32. The van der Waals surface area contributed by atoms with Gasteiger partial charge in [0, 0.05) is 19.7 Å². The van der Waals surface area contributed by atoms with Gasteiger partial charge in [-0.05, 0) is 32.7 Å². The van der Waals surface area contributed by atoms with Crippen LogP contribution in [-0.2, 0) is 9.53 Å². The van der Waals surface area contributed by atoms with Gasteiger partial charge in [0.1, 0.15) is 0 Å². The maximum Gasteiger partial charge on any atom is 0.240 e. The molecule has 0 aliphatic carbocycles. The van der Waals surface area contributed by atoms with Gasteiger partial charge in [-0.25, -0.2) is 0 Å². The number of nitrogens with one attached hydrogen (secondary N) is 1. The molecule has 2 atom stereocenters. The number of rotatable bonds is 6. The third-order valence-electron chi connectivity index (χ3n) is 3.55. The van der Waals surface area contributed by atoms with Gasteiger partial charge in [0.2, 0.25) is 5.91 Å². The summed E-state index contributed by atoms with van der Waals surface area (Å²) in [5.41, 5.74) is 0. The Morgan fingerprint density at radius 1 is 1.53 bits per heavy atom. The van der Waals surface area contributed by atoms with Gasteiger partial charge >= 0.3 is 0 Å². The molecule has 1 aliphatic rings. The van der Waals surface area contributed by atoms with Gasteiger partial charge in [0.05, 0.1) is 12.6 Å². The molecule has 1 fully saturated rings. The predicted molar refractivity (Wildman–Crippen MR) is 69.0 cm³/mol. The van der Waals surface area contributed by atoms with Crippen LogP contribution in [-0.4, -0.2) is 49.7 Å². The van der Waals surface area contributed by atoms with Gasteiger partial charge in [-0.1, -0.05) is 13.3 Å². The summed E-state index contributed by atoms with van der Waals surface area (Å²) < 4.78 is 5.09. The average Bonchev–Trinajstić information content (AvgIpc) is 2.39. The molecule has 1 saturated heterocycles. The Balaban J connectivity index is 2.56. The molecule has 0 bridgehead atoms. The molecule has 17 heavy (non-hydrogen) atoms. The first kappa shape index (κ1) is 14.5. The van der Waals surface area contributed by atoms with Crippen molar-refractivity contribution in [2.24, 2.45) is 0 Å². The third kappa shape index (κ3) is 4.28. The van der Waals surface area contributed by atoms with Crippen molar-refractivity contribution in [3.05, 3.63) is 0 Å². The number of hydrogen-bond donors (Lipinski definition) is 1. The molecule has 1 heterocycles. The number of carbonyl (C=O) groups excluding carboxylic acids is 1. The first-order chi connectivity index (χ1) is 8.20. The van der Waals surface area contributed by atoms with Gasteiger partial charge in [-0.15, -0.1) is 0 Å². The summed E-state index contributed by atoms with van der Waals surface area (Å²) >= 11 is 0. The molecular formula is C13H26N2O2. The van der Waals surface area contributed by atoms with E-state index in [1.165, 1.54) is 6.42 Å². The second kappa shape index (κ2) is 7.67. The van der Waals surface area contributed by atoms with Crippen molar-refractivity contribution in [1.29, 1.82) is 0 Å². The van der Waals surface area contributed by atoms with Gasteiger partial charge < -0.3 is 15.0 Å². The Morgan fingerprint density at radius 3 is 2.82 bits per heavy atom. The van der Waals surface area contributed by atoms with E-state index in [2.05, 4.69) is 19.2 Å². The number of nitrogens with zero attached hydrogens (tertiary/aromatic N) is 1. The molecule has 0 aromatic rings. The van der Waals surface area contributed by atoms with E-state index in [4.69, 9.17) is 4.74 Å². The Kier molecular flexibility index (Phi) is 6.52. The Bertz CT molecular complexity index is 227. The fraction of sp³-hybridized carbons (Fsp3) is 0.923. The highest BCUT2D eigenvalue weighted by molar-refractivity contribution is 5.82. The van der Waals surface area contributed by atoms with Gasteiger partial charge in [0.15, 0.2) is 0 Å². The average molecular weight is 242 g/mol. The van der Waals surface area contributed by atoms with Gasteiger partial charge in [0.25, 0.3) is 0 Å². The van der Waals surface area contributed by atoms with Crippen LogP contribution in [0.3, 0.4) is 0 Å². The van der Waals surface area contributed by atoms with Crippen molar-refractivity contribution in [1.82, 2.24) is 10.2 Å². The van der Waals surface area contributed by atoms with Crippen LogP contribution in [0.5, 0.6) is 0 Å². The molecule has 4 nitrogen and oxygen atoms in total. The lowest BCUT2D eigenvalue weighted by atomic mass is 10.0. The zero-order valence-electron chi connectivity index (χ0n) is 11.4. The van der Waals surface area contributed by atoms with Crippen molar-refractivity contribution in [2.75, 3.05) is 26.8 Å². The van der Waals surface area contributed by atoms with E-state index in [-0.39, 0.29) is 11.9 Å². The Hall–Kier alpha value is -0.610. The van der Waals surface area contributed by atoms with Crippen LogP contribution in [0.15, 0.2) is 0 Å². The van der Waals surface area contributed by atoms with Crippen LogP contribution in [0.2, 0.25) is 0 Å². The summed E-state index contributed by atoms with van der Waals surface area (Å²) in [6, 6.07) is 0.316. The smallest absolute Gasteiger partial charge is 0.240 e. The number of amides is 1. The Labute approximate surface area is 105 Å². The second-order valence-corrected chi connectivity index (χ2v) is 4.78. The van der Waals surface area contributed by atoms with Crippen molar-refractivity contribution in [3.63, 3.8) is 0 Å². The third-order valence-corrected chi connectivity index (χ3v) is 3.55. The summed E-state index contributed by atoms with van der Waals surface area (Å²) in [4.78, 5) is 14.4. The SMILES string of the molecule is CCC(C)N(CCOC)C(=O)[C@@H]1CCCCN1. The zero-order chi connectivity index (χ0) is 12.7. The van der Waals surface area contributed by atoms with E-state index in [0.29, 0.717) is 19.2 Å². The molecule has 0 aromatic heterocycles. The maximum atomic E-state index is 12.4. The molecular weight excluding hydrogens is 216 g/mol. The lowest BCUT2D eigenvalue weighted by Crippen LogP contribution is -2.52. The second-order valence-electron chi connectivity index (χ2n) is 4.78. The Morgan fingerprint density at radius 2 is 2.29 bits per heavy atom. The molecule has 1 aliphatic heterocycles. The van der Waals surface area contributed by atoms with Crippen LogP contribution < -0.4 is 5.32 Å². The van der Waals surface area contributed by atoms with Crippen molar-refractivity contribution < 1.29 is 9.53 Å². The molecule has 1 N–H and O–H groups in total. The molecule has 1 unspecified atom stereocenters. The molecule has 0 spiro atoms. The lowest BCUT2D eigenvalue weighted by molar-refractivity contribution is -0.136. The van der Waals surface area contributed by atoms with Crippen LogP contribution in [0.1, 0.15) is 39.5 Å². The normalized spacial score (nSPS) is 22.2. The number of ether oxygens (including phenoxy) is 1. The molecule has 1 amide bonds. The zero-order valence-corrected chi connectivity index (χ0v) is 11.4. The molecule has 1 rings (SSSR count). The van der Waals surface area contributed by atoms with Crippen LogP contribution in [0.4, 0.5) is 0 Å². The summed E-state index contributed by atoms with van der Waals surface area (Å²) in [6.07, 6.45) is 4.30. The number of hydrogen-bond acceptors (Lipinski definition) is 3. The van der Waals surface area contributed by atoms with Crippen LogP contribution in [0.25, 0.3) is 0 Å². The predicted octanol–water partition coefficient (Wildman–Crippen LogP) is 1.40. The quantitative estimate of drug-likeness (QED) is 0.765. The van der Waals surface area contributed by atoms with E-state index < -0.39 is 0 Å². The highest BCUT2D eigenvalue weighted by Crippen LogP contribution is 2.13. The molecule has 0 radical (unpaired) electrons. The van der Waals surface area contributed by atoms with E-state index in [1.54, 1.807) is 7.11 Å². The van der Waals surface area contributed by atoms with Gasteiger partial charge in [-0.2, -0.15) is 0 Å². The minimum atomic E-state index is 0.0228. The number of piperidine rings is 1. The van der Waals surface area contributed by atoms with Gasteiger partial charge in [-0.3, -0.25) is 4.79 Å². The topological polar surface area (TPSA) is 41.6 Å². The van der Waals surface area contributed by atoms with Crippen molar-refractivity contribution >= 4 is 5.91 Å². The summed E-state index contributed by atoms with van der Waals surface area (Å²) in [6.45, 7) is 6.50. The number of carbonyl (C=O) groups is 1. The van der Waals surface area contributed by atoms with Crippen LogP contribution >= 0.6 is 0 Å². The summed E-state index contributed by atoms with van der Waals surface area (Å²) in [5.74, 6) is 0.246.